The van der Waals surface area contributed by atoms with Crippen molar-refractivity contribution in [2.24, 2.45) is 5.92 Å². The van der Waals surface area contributed by atoms with E-state index < -0.39 is 0 Å². The second-order valence-corrected chi connectivity index (χ2v) is 6.80. The van der Waals surface area contributed by atoms with Crippen LogP contribution in [0.2, 0.25) is 0 Å². The molecule has 1 saturated carbocycles. The molecule has 2 nitrogen and oxygen atoms in total. The van der Waals surface area contributed by atoms with E-state index in [-0.39, 0.29) is 5.91 Å². The molecule has 2 rings (SSSR count). The third-order valence-corrected chi connectivity index (χ3v) is 4.71. The lowest BCUT2D eigenvalue weighted by molar-refractivity contribution is -0.132. The first-order valence-electron chi connectivity index (χ1n) is 5.62. The molecule has 0 unspecified atom stereocenters. The smallest absolute Gasteiger partial charge is 0.222 e. The number of thiophene rings is 1. The van der Waals surface area contributed by atoms with Gasteiger partial charge in [-0.05, 0) is 51.7 Å². The third kappa shape index (κ3) is 3.08. The molecule has 0 spiro atoms. The van der Waals surface area contributed by atoms with Crippen molar-refractivity contribution in [2.45, 2.75) is 32.2 Å². The minimum absolute atomic E-state index is 0.284. The van der Waals surface area contributed by atoms with E-state index in [0.717, 1.165) is 16.8 Å². The largest absolute Gasteiger partial charge is 0.341 e. The molecule has 0 aliphatic heterocycles. The molecule has 1 heterocycles. The predicted molar refractivity (Wildman–Crippen MR) is 70.5 cm³/mol. The summed E-state index contributed by atoms with van der Waals surface area (Å²) in [5.41, 5.74) is 1.21. The van der Waals surface area contributed by atoms with Crippen molar-refractivity contribution in [3.05, 3.63) is 20.8 Å². The van der Waals surface area contributed by atoms with Crippen LogP contribution in [-0.4, -0.2) is 17.9 Å². The Labute approximate surface area is 109 Å². The highest BCUT2D eigenvalue weighted by Crippen LogP contribution is 2.30. The van der Waals surface area contributed by atoms with Gasteiger partial charge in [-0.1, -0.05) is 6.42 Å². The minimum atomic E-state index is 0.284. The Balaban J connectivity index is 1.82. The van der Waals surface area contributed by atoms with Crippen molar-refractivity contribution in [3.63, 3.8) is 0 Å². The van der Waals surface area contributed by atoms with Gasteiger partial charge in [0.1, 0.15) is 0 Å². The molecule has 0 saturated heterocycles. The topological polar surface area (TPSA) is 20.3 Å². The Hall–Kier alpha value is -0.350. The lowest BCUT2D eigenvalue weighted by atomic mass is 9.83. The summed E-state index contributed by atoms with van der Waals surface area (Å²) in [5, 5.41) is 2.09. The van der Waals surface area contributed by atoms with Crippen molar-refractivity contribution < 1.29 is 4.79 Å². The SMILES string of the molecule is CN(Cc1csc(Br)c1)C(=O)CC1CCC1. The molecule has 16 heavy (non-hydrogen) atoms. The zero-order valence-electron chi connectivity index (χ0n) is 9.41. The Morgan fingerprint density at radius 1 is 1.62 bits per heavy atom. The highest BCUT2D eigenvalue weighted by atomic mass is 79.9. The molecule has 1 aromatic rings. The molecule has 4 heteroatoms. The van der Waals surface area contributed by atoms with Crippen molar-refractivity contribution >= 4 is 33.2 Å². The summed E-state index contributed by atoms with van der Waals surface area (Å²) < 4.78 is 1.13. The van der Waals surface area contributed by atoms with Gasteiger partial charge in [-0.15, -0.1) is 11.3 Å². The highest BCUT2D eigenvalue weighted by molar-refractivity contribution is 9.11. The Morgan fingerprint density at radius 3 is 2.88 bits per heavy atom. The van der Waals surface area contributed by atoms with Crippen LogP contribution < -0.4 is 0 Å². The molecule has 0 N–H and O–H groups in total. The quantitative estimate of drug-likeness (QED) is 0.831. The van der Waals surface area contributed by atoms with Crippen LogP contribution in [0.25, 0.3) is 0 Å². The molecule has 1 amide bonds. The molecular formula is C12H16BrNOS. The van der Waals surface area contributed by atoms with Gasteiger partial charge in [0.2, 0.25) is 5.91 Å². The van der Waals surface area contributed by atoms with E-state index >= 15 is 0 Å². The van der Waals surface area contributed by atoms with Crippen LogP contribution in [0.4, 0.5) is 0 Å². The number of carbonyl (C=O) groups is 1. The van der Waals surface area contributed by atoms with Crippen LogP contribution >= 0.6 is 27.3 Å². The average Bonchev–Trinajstić information content (AvgIpc) is 2.57. The van der Waals surface area contributed by atoms with Gasteiger partial charge in [-0.25, -0.2) is 0 Å². The standard InChI is InChI=1S/C12H16BrNOS/c1-14(7-10-5-11(13)16-8-10)12(15)6-9-3-2-4-9/h5,8-9H,2-4,6-7H2,1H3. The van der Waals surface area contributed by atoms with Gasteiger partial charge in [0.25, 0.3) is 0 Å². The fourth-order valence-corrected chi connectivity index (χ4v) is 3.09. The molecule has 1 fully saturated rings. The number of halogens is 1. The summed E-state index contributed by atoms with van der Waals surface area (Å²) in [4.78, 5) is 13.7. The molecule has 0 atom stereocenters. The molecule has 1 aliphatic carbocycles. The van der Waals surface area contributed by atoms with Crippen molar-refractivity contribution in [2.75, 3.05) is 7.05 Å². The Morgan fingerprint density at radius 2 is 2.38 bits per heavy atom. The maximum Gasteiger partial charge on any atom is 0.222 e. The van der Waals surface area contributed by atoms with E-state index in [1.807, 2.05) is 11.9 Å². The number of hydrogen-bond acceptors (Lipinski definition) is 2. The third-order valence-electron chi connectivity index (χ3n) is 3.16. The van der Waals surface area contributed by atoms with Crippen LogP contribution in [0.3, 0.4) is 0 Å². The van der Waals surface area contributed by atoms with Gasteiger partial charge in [0, 0.05) is 20.0 Å². The number of carbonyl (C=O) groups excluding carboxylic acids is 1. The maximum atomic E-state index is 11.9. The summed E-state index contributed by atoms with van der Waals surface area (Å²) in [5.74, 6) is 0.941. The molecule has 0 radical (unpaired) electrons. The van der Waals surface area contributed by atoms with Crippen LogP contribution in [0.5, 0.6) is 0 Å². The second kappa shape index (κ2) is 5.32. The molecular weight excluding hydrogens is 286 g/mol. The van der Waals surface area contributed by atoms with Crippen molar-refractivity contribution in [1.29, 1.82) is 0 Å². The number of rotatable bonds is 4. The normalized spacial score (nSPS) is 15.9. The van der Waals surface area contributed by atoms with Crippen LogP contribution in [0.1, 0.15) is 31.2 Å². The molecule has 88 valence electrons. The first kappa shape index (κ1) is 12.1. The lowest BCUT2D eigenvalue weighted by Gasteiger charge is -2.27. The fraction of sp³-hybridized carbons (Fsp3) is 0.583. The van der Waals surface area contributed by atoms with Crippen LogP contribution in [0, 0.1) is 5.92 Å². The van der Waals surface area contributed by atoms with Gasteiger partial charge in [-0.3, -0.25) is 4.79 Å². The summed E-state index contributed by atoms with van der Waals surface area (Å²) in [6, 6.07) is 2.08. The summed E-state index contributed by atoms with van der Waals surface area (Å²) in [6.07, 6.45) is 4.52. The van der Waals surface area contributed by atoms with E-state index in [4.69, 9.17) is 0 Å². The van der Waals surface area contributed by atoms with Gasteiger partial charge >= 0.3 is 0 Å². The van der Waals surface area contributed by atoms with E-state index in [1.54, 1.807) is 11.3 Å². The zero-order valence-corrected chi connectivity index (χ0v) is 11.8. The first-order valence-corrected chi connectivity index (χ1v) is 7.29. The van der Waals surface area contributed by atoms with Gasteiger partial charge in [0.15, 0.2) is 0 Å². The Kier molecular flexibility index (Phi) is 4.03. The summed E-state index contributed by atoms with van der Waals surface area (Å²) in [7, 11) is 1.90. The second-order valence-electron chi connectivity index (χ2n) is 4.51. The van der Waals surface area contributed by atoms with Gasteiger partial charge in [-0.2, -0.15) is 0 Å². The molecule has 1 aromatic heterocycles. The molecule has 1 aliphatic rings. The van der Waals surface area contributed by atoms with Crippen LogP contribution in [-0.2, 0) is 11.3 Å². The molecule has 0 bridgehead atoms. The average molecular weight is 302 g/mol. The number of amides is 1. The maximum absolute atomic E-state index is 11.9. The van der Waals surface area contributed by atoms with Gasteiger partial charge < -0.3 is 4.90 Å². The zero-order chi connectivity index (χ0) is 11.5. The first-order chi connectivity index (χ1) is 7.65. The van der Waals surface area contributed by atoms with Gasteiger partial charge in [0.05, 0.1) is 3.79 Å². The van der Waals surface area contributed by atoms with E-state index in [0.29, 0.717) is 5.92 Å². The lowest BCUT2D eigenvalue weighted by Crippen LogP contribution is -2.29. The van der Waals surface area contributed by atoms with E-state index in [1.165, 1.54) is 24.8 Å². The minimum Gasteiger partial charge on any atom is -0.341 e. The number of nitrogens with zero attached hydrogens (tertiary/aromatic N) is 1. The molecule has 0 aromatic carbocycles. The summed E-state index contributed by atoms with van der Waals surface area (Å²) >= 11 is 5.10. The van der Waals surface area contributed by atoms with E-state index in [9.17, 15) is 4.79 Å². The van der Waals surface area contributed by atoms with E-state index in [2.05, 4.69) is 27.4 Å². The number of hydrogen-bond donors (Lipinski definition) is 0. The predicted octanol–water partition coefficient (Wildman–Crippen LogP) is 3.66. The van der Waals surface area contributed by atoms with Crippen molar-refractivity contribution in [3.8, 4) is 0 Å². The van der Waals surface area contributed by atoms with Crippen LogP contribution in [0.15, 0.2) is 15.2 Å². The fourth-order valence-electron chi connectivity index (χ4n) is 1.89. The summed E-state index contributed by atoms with van der Waals surface area (Å²) in [6.45, 7) is 0.730. The highest BCUT2D eigenvalue weighted by Gasteiger charge is 2.22. The Bertz CT molecular complexity index is 373. The monoisotopic (exact) mass is 301 g/mol. The van der Waals surface area contributed by atoms with Crippen molar-refractivity contribution in [1.82, 2.24) is 4.90 Å².